The van der Waals surface area contributed by atoms with Crippen molar-refractivity contribution in [3.05, 3.63) is 25.9 Å². The van der Waals surface area contributed by atoms with Crippen molar-refractivity contribution in [1.82, 2.24) is 5.32 Å². The van der Waals surface area contributed by atoms with E-state index >= 15 is 0 Å². The van der Waals surface area contributed by atoms with Crippen molar-refractivity contribution >= 4 is 22.9 Å². The van der Waals surface area contributed by atoms with Gasteiger partial charge in [0.25, 0.3) is 11.6 Å². The average molecular weight is 242 g/mol. The summed E-state index contributed by atoms with van der Waals surface area (Å²) in [7, 11) is 0. The minimum Gasteiger partial charge on any atom is -0.351 e. The lowest BCUT2D eigenvalue weighted by Gasteiger charge is -2.05. The number of nitrogens with one attached hydrogen (secondary N) is 1. The topological polar surface area (TPSA) is 72.2 Å². The van der Waals surface area contributed by atoms with Crippen LogP contribution < -0.4 is 5.32 Å². The standard InChI is InChI=1S/C10H14N2O3S/c1-6(2)5-11-10(13)9-4-8(12(14)15)7(3)16-9/h4,6H,5H2,1-3H3,(H,11,13). The van der Waals surface area contributed by atoms with Crippen LogP contribution in [0.1, 0.15) is 28.4 Å². The summed E-state index contributed by atoms with van der Waals surface area (Å²) in [5, 5.41) is 13.3. The number of amides is 1. The van der Waals surface area contributed by atoms with E-state index in [4.69, 9.17) is 0 Å². The Morgan fingerprint density at radius 3 is 2.69 bits per heavy atom. The number of hydrogen-bond acceptors (Lipinski definition) is 4. The maximum Gasteiger partial charge on any atom is 0.283 e. The van der Waals surface area contributed by atoms with Crippen molar-refractivity contribution in [3.8, 4) is 0 Å². The summed E-state index contributed by atoms with van der Waals surface area (Å²) in [5.74, 6) is 0.120. The molecule has 0 unspecified atom stereocenters. The summed E-state index contributed by atoms with van der Waals surface area (Å²) in [6, 6.07) is 1.33. The Balaban J connectivity index is 2.77. The van der Waals surface area contributed by atoms with Gasteiger partial charge in [-0.05, 0) is 12.8 Å². The van der Waals surface area contributed by atoms with Crippen LogP contribution in [-0.4, -0.2) is 17.4 Å². The maximum absolute atomic E-state index is 11.6. The van der Waals surface area contributed by atoms with E-state index in [1.54, 1.807) is 6.92 Å². The Kier molecular flexibility index (Phi) is 4.00. The molecule has 6 heteroatoms. The smallest absolute Gasteiger partial charge is 0.283 e. The van der Waals surface area contributed by atoms with Crippen LogP contribution in [0.15, 0.2) is 6.07 Å². The zero-order valence-electron chi connectivity index (χ0n) is 9.44. The van der Waals surface area contributed by atoms with Crippen LogP contribution in [0.2, 0.25) is 0 Å². The summed E-state index contributed by atoms with van der Waals surface area (Å²) < 4.78 is 0. The van der Waals surface area contributed by atoms with Gasteiger partial charge in [0.2, 0.25) is 0 Å². The van der Waals surface area contributed by atoms with Gasteiger partial charge in [-0.15, -0.1) is 11.3 Å². The zero-order chi connectivity index (χ0) is 12.3. The first-order chi connectivity index (χ1) is 7.41. The van der Waals surface area contributed by atoms with Crippen LogP contribution in [-0.2, 0) is 0 Å². The van der Waals surface area contributed by atoms with Crippen molar-refractivity contribution in [2.24, 2.45) is 5.92 Å². The number of hydrogen-bond donors (Lipinski definition) is 1. The molecule has 16 heavy (non-hydrogen) atoms. The highest BCUT2D eigenvalue weighted by molar-refractivity contribution is 7.14. The average Bonchev–Trinajstić information content (AvgIpc) is 2.56. The molecule has 0 aliphatic heterocycles. The van der Waals surface area contributed by atoms with Crippen LogP contribution in [0.3, 0.4) is 0 Å². The monoisotopic (exact) mass is 242 g/mol. The molecule has 0 saturated heterocycles. The highest BCUT2D eigenvalue weighted by atomic mass is 32.1. The fraction of sp³-hybridized carbons (Fsp3) is 0.500. The lowest BCUT2D eigenvalue weighted by Crippen LogP contribution is -2.26. The molecule has 0 bridgehead atoms. The number of aryl methyl sites for hydroxylation is 1. The molecule has 0 aromatic carbocycles. The molecule has 1 rings (SSSR count). The van der Waals surface area contributed by atoms with Crippen LogP contribution in [0.25, 0.3) is 0 Å². The first-order valence-corrected chi connectivity index (χ1v) is 5.76. The number of carbonyl (C=O) groups is 1. The maximum atomic E-state index is 11.6. The highest BCUT2D eigenvalue weighted by Crippen LogP contribution is 2.27. The van der Waals surface area contributed by atoms with E-state index in [9.17, 15) is 14.9 Å². The molecule has 0 aliphatic carbocycles. The molecule has 0 fully saturated rings. The summed E-state index contributed by atoms with van der Waals surface area (Å²) in [5.41, 5.74) is 0.0136. The molecular weight excluding hydrogens is 228 g/mol. The predicted octanol–water partition coefficient (Wildman–Crippen LogP) is 2.35. The van der Waals surface area contributed by atoms with Gasteiger partial charge in [-0.2, -0.15) is 0 Å². The van der Waals surface area contributed by atoms with Gasteiger partial charge in [-0.25, -0.2) is 0 Å². The Hall–Kier alpha value is -1.43. The molecule has 0 saturated carbocycles. The summed E-state index contributed by atoms with van der Waals surface area (Å²) in [4.78, 5) is 22.7. The fourth-order valence-corrected chi connectivity index (χ4v) is 2.05. The summed E-state index contributed by atoms with van der Waals surface area (Å²) >= 11 is 1.15. The third kappa shape index (κ3) is 3.03. The molecular formula is C10H14N2O3S. The zero-order valence-corrected chi connectivity index (χ0v) is 10.3. The molecule has 1 aromatic heterocycles. The molecule has 0 atom stereocenters. The second-order valence-corrected chi connectivity index (χ2v) is 5.17. The normalized spacial score (nSPS) is 10.5. The van der Waals surface area contributed by atoms with Gasteiger partial charge in [-0.3, -0.25) is 14.9 Å². The number of rotatable bonds is 4. The molecule has 1 N–H and O–H groups in total. The molecule has 5 nitrogen and oxygen atoms in total. The third-order valence-electron chi connectivity index (χ3n) is 1.98. The van der Waals surface area contributed by atoms with Gasteiger partial charge in [0.05, 0.1) is 14.7 Å². The van der Waals surface area contributed by atoms with E-state index < -0.39 is 4.92 Å². The van der Waals surface area contributed by atoms with Crippen molar-refractivity contribution in [3.63, 3.8) is 0 Å². The summed E-state index contributed by atoms with van der Waals surface area (Å²) in [6.45, 7) is 6.19. The van der Waals surface area contributed by atoms with Gasteiger partial charge >= 0.3 is 0 Å². The van der Waals surface area contributed by atoms with E-state index in [2.05, 4.69) is 5.32 Å². The first-order valence-electron chi connectivity index (χ1n) is 4.94. The van der Waals surface area contributed by atoms with Gasteiger partial charge in [-0.1, -0.05) is 13.8 Å². The minimum atomic E-state index is -0.467. The second kappa shape index (κ2) is 5.07. The number of nitro groups is 1. The number of carbonyl (C=O) groups excluding carboxylic acids is 1. The first kappa shape index (κ1) is 12.6. The molecule has 0 radical (unpaired) electrons. The van der Waals surface area contributed by atoms with E-state index in [1.807, 2.05) is 13.8 Å². The highest BCUT2D eigenvalue weighted by Gasteiger charge is 2.19. The van der Waals surface area contributed by atoms with Crippen molar-refractivity contribution in [1.29, 1.82) is 0 Å². The SMILES string of the molecule is Cc1sc(C(=O)NCC(C)C)cc1[N+](=O)[O-]. The molecule has 0 spiro atoms. The van der Waals surface area contributed by atoms with Crippen molar-refractivity contribution in [2.75, 3.05) is 6.54 Å². The Labute approximate surface area is 97.6 Å². The Bertz CT molecular complexity index is 412. The van der Waals surface area contributed by atoms with Crippen molar-refractivity contribution in [2.45, 2.75) is 20.8 Å². The van der Waals surface area contributed by atoms with Gasteiger partial charge in [0.15, 0.2) is 0 Å². The molecule has 1 amide bonds. The molecule has 0 aliphatic rings. The van der Waals surface area contributed by atoms with Crippen molar-refractivity contribution < 1.29 is 9.72 Å². The van der Waals surface area contributed by atoms with E-state index in [1.165, 1.54) is 6.07 Å². The molecule has 1 heterocycles. The van der Waals surface area contributed by atoms with Gasteiger partial charge in [0, 0.05) is 12.6 Å². The number of thiophene rings is 1. The fourth-order valence-electron chi connectivity index (χ4n) is 1.15. The van der Waals surface area contributed by atoms with E-state index in [-0.39, 0.29) is 11.6 Å². The summed E-state index contributed by atoms with van der Waals surface area (Å²) in [6.07, 6.45) is 0. The lowest BCUT2D eigenvalue weighted by molar-refractivity contribution is -0.385. The van der Waals surface area contributed by atoms with Crippen LogP contribution >= 0.6 is 11.3 Å². The van der Waals surface area contributed by atoms with Gasteiger partial charge < -0.3 is 5.32 Å². The van der Waals surface area contributed by atoms with Crippen LogP contribution in [0.5, 0.6) is 0 Å². The van der Waals surface area contributed by atoms with Gasteiger partial charge in [0.1, 0.15) is 0 Å². The largest absolute Gasteiger partial charge is 0.351 e. The Morgan fingerprint density at radius 2 is 2.25 bits per heavy atom. The van der Waals surface area contributed by atoms with E-state index in [0.29, 0.717) is 22.2 Å². The molecule has 1 aromatic rings. The van der Waals surface area contributed by atoms with Crippen LogP contribution in [0.4, 0.5) is 5.69 Å². The number of nitrogens with zero attached hydrogens (tertiary/aromatic N) is 1. The minimum absolute atomic E-state index is 0.0136. The lowest BCUT2D eigenvalue weighted by atomic mass is 10.2. The van der Waals surface area contributed by atoms with Crippen LogP contribution in [0, 0.1) is 23.0 Å². The second-order valence-electron chi connectivity index (χ2n) is 3.91. The molecule has 88 valence electrons. The third-order valence-corrected chi connectivity index (χ3v) is 3.02. The van der Waals surface area contributed by atoms with E-state index in [0.717, 1.165) is 11.3 Å². The predicted molar refractivity (Wildman–Crippen MR) is 62.9 cm³/mol. The Morgan fingerprint density at radius 1 is 1.62 bits per heavy atom. The quantitative estimate of drug-likeness (QED) is 0.650.